The van der Waals surface area contributed by atoms with Crippen molar-refractivity contribution in [2.45, 2.75) is 84.8 Å². The zero-order valence-electron chi connectivity index (χ0n) is 19.9. The Morgan fingerprint density at radius 1 is 0.938 bits per heavy atom. The Kier molecular flexibility index (Phi) is 7.84. The van der Waals surface area contributed by atoms with Crippen molar-refractivity contribution >= 4 is 11.2 Å². The first kappa shape index (κ1) is 23.2. The molecule has 2 aromatic heterocycles. The second kappa shape index (κ2) is 10.8. The summed E-state index contributed by atoms with van der Waals surface area (Å²) in [6.07, 6.45) is 10.1. The van der Waals surface area contributed by atoms with E-state index in [4.69, 9.17) is 4.98 Å². The van der Waals surface area contributed by atoms with Crippen LogP contribution in [0, 0.1) is 5.92 Å². The third-order valence-electron chi connectivity index (χ3n) is 7.30. The van der Waals surface area contributed by atoms with E-state index in [-0.39, 0.29) is 11.2 Å². The first-order chi connectivity index (χ1) is 15.6. The third-order valence-corrected chi connectivity index (χ3v) is 7.30. The second-order valence-electron chi connectivity index (χ2n) is 9.64. The Morgan fingerprint density at radius 3 is 2.44 bits per heavy atom. The maximum absolute atomic E-state index is 12.6. The van der Waals surface area contributed by atoms with E-state index >= 15 is 0 Å². The first-order valence-corrected chi connectivity index (χ1v) is 12.8. The van der Waals surface area contributed by atoms with Gasteiger partial charge in [0.15, 0.2) is 11.2 Å². The molecule has 0 atom stereocenters. The summed E-state index contributed by atoms with van der Waals surface area (Å²) in [5.74, 6) is 1.77. The SMILES string of the molecule is CCCCn1c(=O)[nH]c(=O)c2c1nc(CN1CCCN(CC3CCCCC3)CC1)n2CC. The highest BCUT2D eigenvalue weighted by molar-refractivity contribution is 5.71. The lowest BCUT2D eigenvalue weighted by Crippen LogP contribution is -2.34. The predicted molar refractivity (Wildman–Crippen MR) is 128 cm³/mol. The Balaban J connectivity index is 1.50. The number of fused-ring (bicyclic) bond motifs is 1. The molecule has 2 aliphatic rings. The molecule has 1 aliphatic carbocycles. The molecule has 4 rings (SSSR count). The van der Waals surface area contributed by atoms with Gasteiger partial charge < -0.3 is 9.47 Å². The summed E-state index contributed by atoms with van der Waals surface area (Å²) in [5, 5.41) is 0. The van der Waals surface area contributed by atoms with E-state index in [1.165, 1.54) is 51.6 Å². The molecule has 1 N–H and O–H groups in total. The number of nitrogens with one attached hydrogen (secondary N) is 1. The summed E-state index contributed by atoms with van der Waals surface area (Å²) in [5.41, 5.74) is 0.397. The zero-order chi connectivity index (χ0) is 22.5. The van der Waals surface area contributed by atoms with Gasteiger partial charge in [0, 0.05) is 32.7 Å². The molecule has 0 aromatic carbocycles. The molecule has 178 valence electrons. The molecule has 0 amide bonds. The number of hydrogen-bond acceptors (Lipinski definition) is 5. The van der Waals surface area contributed by atoms with Crippen LogP contribution in [0.5, 0.6) is 0 Å². The van der Waals surface area contributed by atoms with Crippen molar-refractivity contribution in [3.8, 4) is 0 Å². The highest BCUT2D eigenvalue weighted by Gasteiger charge is 2.23. The zero-order valence-corrected chi connectivity index (χ0v) is 19.9. The van der Waals surface area contributed by atoms with Crippen LogP contribution in [-0.4, -0.2) is 61.6 Å². The molecule has 0 radical (unpaired) electrons. The quantitative estimate of drug-likeness (QED) is 0.677. The molecule has 8 heteroatoms. The number of rotatable bonds is 8. The van der Waals surface area contributed by atoms with Crippen LogP contribution < -0.4 is 11.2 Å². The minimum atomic E-state index is -0.351. The maximum Gasteiger partial charge on any atom is 0.330 e. The standard InChI is InChI=1S/C24H40N6O2/c1-3-5-14-30-22-21(23(31)26-24(30)32)29(4-2)20(25-22)18-28-13-9-12-27(15-16-28)17-19-10-7-6-8-11-19/h19H,3-18H2,1-2H3,(H,26,31,32). The molecular formula is C24H40N6O2. The van der Waals surface area contributed by atoms with Gasteiger partial charge >= 0.3 is 5.69 Å². The van der Waals surface area contributed by atoms with Crippen LogP contribution in [0.25, 0.3) is 11.2 Å². The van der Waals surface area contributed by atoms with E-state index in [9.17, 15) is 9.59 Å². The summed E-state index contributed by atoms with van der Waals surface area (Å²) in [6.45, 7) is 11.7. The van der Waals surface area contributed by atoms with Gasteiger partial charge in [-0.15, -0.1) is 0 Å². The van der Waals surface area contributed by atoms with E-state index < -0.39 is 0 Å². The van der Waals surface area contributed by atoms with Crippen LogP contribution >= 0.6 is 0 Å². The fourth-order valence-corrected chi connectivity index (χ4v) is 5.50. The summed E-state index contributed by atoms with van der Waals surface area (Å²) in [6, 6.07) is 0. The van der Waals surface area contributed by atoms with E-state index in [1.807, 2.05) is 11.5 Å². The van der Waals surface area contributed by atoms with Crippen LogP contribution in [0.15, 0.2) is 9.59 Å². The van der Waals surface area contributed by atoms with Crippen molar-refractivity contribution in [1.82, 2.24) is 28.9 Å². The Labute approximate surface area is 190 Å². The summed E-state index contributed by atoms with van der Waals surface area (Å²) in [7, 11) is 0. The Morgan fingerprint density at radius 2 is 1.69 bits per heavy atom. The summed E-state index contributed by atoms with van der Waals surface area (Å²) < 4.78 is 3.64. The number of aromatic amines is 1. The lowest BCUT2D eigenvalue weighted by molar-refractivity contribution is 0.199. The minimum Gasteiger partial charge on any atom is -0.321 e. The van der Waals surface area contributed by atoms with Crippen LogP contribution in [0.3, 0.4) is 0 Å². The Hall–Kier alpha value is -1.93. The van der Waals surface area contributed by atoms with Crippen molar-refractivity contribution in [3.63, 3.8) is 0 Å². The smallest absolute Gasteiger partial charge is 0.321 e. The molecule has 2 fully saturated rings. The fraction of sp³-hybridized carbons (Fsp3) is 0.792. The Bertz CT molecular complexity index is 1000. The van der Waals surface area contributed by atoms with Gasteiger partial charge in [0.25, 0.3) is 5.56 Å². The van der Waals surface area contributed by atoms with E-state index in [1.54, 1.807) is 4.57 Å². The van der Waals surface area contributed by atoms with E-state index in [2.05, 4.69) is 21.7 Å². The minimum absolute atomic E-state index is 0.326. The topological polar surface area (TPSA) is 79.2 Å². The number of nitrogens with zero attached hydrogens (tertiary/aromatic N) is 5. The van der Waals surface area contributed by atoms with E-state index in [0.29, 0.717) is 24.3 Å². The lowest BCUT2D eigenvalue weighted by atomic mass is 9.89. The molecule has 8 nitrogen and oxygen atoms in total. The average Bonchev–Trinajstić information content (AvgIpc) is 3.01. The van der Waals surface area contributed by atoms with E-state index in [0.717, 1.165) is 50.8 Å². The van der Waals surface area contributed by atoms with Gasteiger partial charge in [-0.05, 0) is 51.6 Å². The lowest BCUT2D eigenvalue weighted by Gasteiger charge is -2.28. The molecule has 32 heavy (non-hydrogen) atoms. The average molecular weight is 445 g/mol. The van der Waals surface area contributed by atoms with Gasteiger partial charge in [0.1, 0.15) is 5.82 Å². The van der Waals surface area contributed by atoms with Crippen LogP contribution in [-0.2, 0) is 19.6 Å². The van der Waals surface area contributed by atoms with Gasteiger partial charge in [-0.1, -0.05) is 32.6 Å². The molecule has 1 saturated heterocycles. The van der Waals surface area contributed by atoms with Crippen molar-refractivity contribution in [1.29, 1.82) is 0 Å². The molecule has 0 bridgehead atoms. The highest BCUT2D eigenvalue weighted by Crippen LogP contribution is 2.25. The first-order valence-electron chi connectivity index (χ1n) is 12.8. The van der Waals surface area contributed by atoms with Crippen molar-refractivity contribution in [2.24, 2.45) is 5.92 Å². The van der Waals surface area contributed by atoms with Crippen LogP contribution in [0.1, 0.15) is 71.0 Å². The predicted octanol–water partition coefficient (Wildman–Crippen LogP) is 2.79. The number of unbranched alkanes of at least 4 members (excludes halogenated alkanes) is 1. The van der Waals surface area contributed by atoms with Gasteiger partial charge in [-0.2, -0.15) is 0 Å². The molecule has 1 saturated carbocycles. The second-order valence-corrected chi connectivity index (χ2v) is 9.64. The number of aromatic nitrogens is 4. The van der Waals surface area contributed by atoms with Gasteiger partial charge in [0.2, 0.25) is 0 Å². The molecule has 0 spiro atoms. The van der Waals surface area contributed by atoms with Gasteiger partial charge in [-0.25, -0.2) is 9.78 Å². The largest absolute Gasteiger partial charge is 0.330 e. The highest BCUT2D eigenvalue weighted by atomic mass is 16.2. The normalized spacial score (nSPS) is 19.6. The number of imidazole rings is 1. The maximum atomic E-state index is 12.6. The molecule has 1 aliphatic heterocycles. The molecule has 2 aromatic rings. The number of H-pyrrole nitrogens is 1. The number of aryl methyl sites for hydroxylation is 2. The molecule has 3 heterocycles. The summed E-state index contributed by atoms with van der Waals surface area (Å²) >= 11 is 0. The fourth-order valence-electron chi connectivity index (χ4n) is 5.50. The van der Waals surface area contributed by atoms with Gasteiger partial charge in [-0.3, -0.25) is 19.2 Å². The van der Waals surface area contributed by atoms with Crippen LogP contribution in [0.4, 0.5) is 0 Å². The molecular weight excluding hydrogens is 404 g/mol. The molecule has 0 unspecified atom stereocenters. The number of hydrogen-bond donors (Lipinski definition) is 1. The van der Waals surface area contributed by atoms with Gasteiger partial charge in [0.05, 0.1) is 6.54 Å². The van der Waals surface area contributed by atoms with Crippen LogP contribution in [0.2, 0.25) is 0 Å². The van der Waals surface area contributed by atoms with Crippen molar-refractivity contribution < 1.29 is 0 Å². The monoisotopic (exact) mass is 444 g/mol. The third kappa shape index (κ3) is 5.17. The van der Waals surface area contributed by atoms with Crippen molar-refractivity contribution in [2.75, 3.05) is 32.7 Å². The van der Waals surface area contributed by atoms with Crippen molar-refractivity contribution in [3.05, 3.63) is 26.7 Å². The summed E-state index contributed by atoms with van der Waals surface area (Å²) in [4.78, 5) is 37.6.